The van der Waals surface area contributed by atoms with E-state index in [1.54, 1.807) is 36.4 Å². The number of hydrogen-bond acceptors (Lipinski definition) is 7. The Bertz CT molecular complexity index is 627. The molecule has 96 valence electrons. The molecule has 7 heteroatoms. The number of benzene rings is 1. The van der Waals surface area contributed by atoms with Crippen LogP contribution in [0.1, 0.15) is 0 Å². The lowest BCUT2D eigenvalue weighted by Crippen LogP contribution is -1.95. The molecule has 0 aliphatic carbocycles. The SMILES string of the molecule is Nc1ccc(N=Nc2ccccc2OC=O)c(N)n1. The van der Waals surface area contributed by atoms with E-state index in [-0.39, 0.29) is 5.82 Å². The van der Waals surface area contributed by atoms with Crippen molar-refractivity contribution in [1.82, 2.24) is 4.98 Å². The topological polar surface area (TPSA) is 116 Å². The monoisotopic (exact) mass is 257 g/mol. The first-order chi connectivity index (χ1) is 9.20. The van der Waals surface area contributed by atoms with Gasteiger partial charge in [-0.15, -0.1) is 10.2 Å². The number of para-hydroxylation sites is 1. The number of nitrogens with two attached hydrogens (primary N) is 2. The normalized spacial score (nSPS) is 10.5. The Labute approximate surface area is 108 Å². The van der Waals surface area contributed by atoms with Crippen LogP contribution in [0.5, 0.6) is 5.75 Å². The summed E-state index contributed by atoms with van der Waals surface area (Å²) in [5, 5.41) is 7.91. The van der Waals surface area contributed by atoms with Crippen LogP contribution < -0.4 is 16.2 Å². The Morgan fingerprint density at radius 2 is 1.79 bits per heavy atom. The average molecular weight is 257 g/mol. The highest BCUT2D eigenvalue weighted by Crippen LogP contribution is 2.29. The van der Waals surface area contributed by atoms with Crippen LogP contribution in [0.25, 0.3) is 0 Å². The predicted molar refractivity (Wildman–Crippen MR) is 70.4 cm³/mol. The maximum Gasteiger partial charge on any atom is 0.298 e. The zero-order valence-corrected chi connectivity index (χ0v) is 9.85. The summed E-state index contributed by atoms with van der Waals surface area (Å²) < 4.78 is 4.77. The van der Waals surface area contributed by atoms with E-state index in [4.69, 9.17) is 16.2 Å². The van der Waals surface area contributed by atoms with Crippen molar-refractivity contribution in [1.29, 1.82) is 0 Å². The van der Waals surface area contributed by atoms with Gasteiger partial charge in [-0.05, 0) is 24.3 Å². The number of carbonyl (C=O) groups excluding carboxylic acids is 1. The molecule has 0 unspecified atom stereocenters. The van der Waals surface area contributed by atoms with E-state index in [0.29, 0.717) is 29.4 Å². The molecule has 1 aromatic carbocycles. The van der Waals surface area contributed by atoms with E-state index in [0.717, 1.165) is 0 Å². The molecule has 7 nitrogen and oxygen atoms in total. The van der Waals surface area contributed by atoms with E-state index in [1.165, 1.54) is 0 Å². The third-order valence-electron chi connectivity index (χ3n) is 2.23. The number of carbonyl (C=O) groups is 1. The lowest BCUT2D eigenvalue weighted by Gasteiger charge is -2.01. The molecule has 0 aliphatic heterocycles. The van der Waals surface area contributed by atoms with Crippen molar-refractivity contribution in [2.45, 2.75) is 0 Å². The van der Waals surface area contributed by atoms with Gasteiger partial charge in [0.25, 0.3) is 6.47 Å². The Balaban J connectivity index is 2.29. The number of rotatable bonds is 4. The van der Waals surface area contributed by atoms with Crippen molar-refractivity contribution in [3.05, 3.63) is 36.4 Å². The molecule has 0 atom stereocenters. The van der Waals surface area contributed by atoms with Gasteiger partial charge in [0.2, 0.25) is 0 Å². The molecule has 1 heterocycles. The second-order valence-electron chi connectivity index (χ2n) is 3.52. The second-order valence-corrected chi connectivity index (χ2v) is 3.52. The zero-order chi connectivity index (χ0) is 13.7. The smallest absolute Gasteiger partial charge is 0.298 e. The molecule has 0 saturated heterocycles. The van der Waals surface area contributed by atoms with Gasteiger partial charge >= 0.3 is 0 Å². The Morgan fingerprint density at radius 3 is 2.53 bits per heavy atom. The minimum absolute atomic E-state index is 0.178. The summed E-state index contributed by atoms with van der Waals surface area (Å²) in [6.07, 6.45) is 0. The van der Waals surface area contributed by atoms with Gasteiger partial charge < -0.3 is 16.2 Å². The van der Waals surface area contributed by atoms with E-state index in [1.807, 2.05) is 0 Å². The van der Waals surface area contributed by atoms with Gasteiger partial charge in [-0.25, -0.2) is 4.98 Å². The van der Waals surface area contributed by atoms with Crippen molar-refractivity contribution in [3.8, 4) is 5.75 Å². The largest absolute Gasteiger partial charge is 0.426 e. The molecule has 0 fully saturated rings. The number of aromatic nitrogens is 1. The molecular formula is C12H11N5O2. The van der Waals surface area contributed by atoms with Crippen LogP contribution in [0.4, 0.5) is 23.0 Å². The van der Waals surface area contributed by atoms with Gasteiger partial charge in [0, 0.05) is 0 Å². The van der Waals surface area contributed by atoms with Crippen LogP contribution in [0, 0.1) is 0 Å². The van der Waals surface area contributed by atoms with Crippen LogP contribution in [-0.4, -0.2) is 11.5 Å². The fourth-order valence-corrected chi connectivity index (χ4v) is 1.37. The number of ether oxygens (including phenoxy) is 1. The first-order valence-corrected chi connectivity index (χ1v) is 5.34. The quantitative estimate of drug-likeness (QED) is 0.643. The lowest BCUT2D eigenvalue weighted by atomic mass is 10.3. The van der Waals surface area contributed by atoms with Crippen molar-refractivity contribution >= 4 is 29.5 Å². The van der Waals surface area contributed by atoms with Crippen molar-refractivity contribution in [2.75, 3.05) is 11.5 Å². The van der Waals surface area contributed by atoms with Crippen LogP contribution in [0.3, 0.4) is 0 Å². The average Bonchev–Trinajstić information content (AvgIpc) is 2.40. The first-order valence-electron chi connectivity index (χ1n) is 5.34. The molecule has 4 N–H and O–H groups in total. The van der Waals surface area contributed by atoms with E-state index < -0.39 is 0 Å². The van der Waals surface area contributed by atoms with Gasteiger partial charge in [-0.2, -0.15) is 0 Å². The standard InChI is InChI=1S/C12H11N5O2/c13-11-6-5-9(12(14)15-11)17-16-8-3-1-2-4-10(8)19-7-18/h1-7H,(H4,13,14,15). The fraction of sp³-hybridized carbons (Fsp3) is 0. The van der Waals surface area contributed by atoms with Crippen LogP contribution in [0.15, 0.2) is 46.6 Å². The van der Waals surface area contributed by atoms with Crippen LogP contribution >= 0.6 is 0 Å². The zero-order valence-electron chi connectivity index (χ0n) is 9.85. The minimum atomic E-state index is 0.178. The molecular weight excluding hydrogens is 246 g/mol. The highest BCUT2D eigenvalue weighted by Gasteiger charge is 2.03. The minimum Gasteiger partial charge on any atom is -0.426 e. The fourth-order valence-electron chi connectivity index (χ4n) is 1.37. The van der Waals surface area contributed by atoms with Gasteiger partial charge in [0.1, 0.15) is 17.2 Å². The van der Waals surface area contributed by atoms with E-state index in [9.17, 15) is 4.79 Å². The number of anilines is 2. The third-order valence-corrected chi connectivity index (χ3v) is 2.23. The summed E-state index contributed by atoms with van der Waals surface area (Å²) in [5.74, 6) is 0.793. The summed E-state index contributed by atoms with van der Waals surface area (Å²) in [6.45, 7) is 0.327. The molecule has 0 amide bonds. The molecule has 2 aromatic rings. The number of azo groups is 1. The molecule has 0 saturated carbocycles. The number of nitrogen functional groups attached to an aromatic ring is 2. The second kappa shape index (κ2) is 5.58. The first kappa shape index (κ1) is 12.5. The Hall–Kier alpha value is -2.96. The maximum atomic E-state index is 10.4. The molecule has 19 heavy (non-hydrogen) atoms. The van der Waals surface area contributed by atoms with E-state index >= 15 is 0 Å². The highest BCUT2D eigenvalue weighted by atomic mass is 16.5. The summed E-state index contributed by atoms with van der Waals surface area (Å²) in [7, 11) is 0. The van der Waals surface area contributed by atoms with Crippen LogP contribution in [0.2, 0.25) is 0 Å². The van der Waals surface area contributed by atoms with Crippen molar-refractivity contribution in [3.63, 3.8) is 0 Å². The molecule has 0 radical (unpaired) electrons. The summed E-state index contributed by atoms with van der Waals surface area (Å²) in [5.41, 5.74) is 11.9. The van der Waals surface area contributed by atoms with Gasteiger partial charge in [0.05, 0.1) is 0 Å². The van der Waals surface area contributed by atoms with Gasteiger partial charge in [0.15, 0.2) is 11.6 Å². The molecule has 0 spiro atoms. The summed E-state index contributed by atoms with van der Waals surface area (Å²) >= 11 is 0. The van der Waals surface area contributed by atoms with Gasteiger partial charge in [-0.3, -0.25) is 4.79 Å². The lowest BCUT2D eigenvalue weighted by molar-refractivity contribution is -0.120. The molecule has 0 aliphatic rings. The van der Waals surface area contributed by atoms with Gasteiger partial charge in [-0.1, -0.05) is 12.1 Å². The molecule has 0 bridgehead atoms. The van der Waals surface area contributed by atoms with Crippen molar-refractivity contribution < 1.29 is 9.53 Å². The number of nitrogens with zero attached hydrogens (tertiary/aromatic N) is 3. The Kier molecular flexibility index (Phi) is 3.67. The van der Waals surface area contributed by atoms with Crippen LogP contribution in [-0.2, 0) is 4.79 Å². The Morgan fingerprint density at radius 1 is 1.05 bits per heavy atom. The van der Waals surface area contributed by atoms with Crippen molar-refractivity contribution in [2.24, 2.45) is 10.2 Å². The summed E-state index contributed by atoms with van der Waals surface area (Å²) in [4.78, 5) is 14.2. The number of hydrogen-bond donors (Lipinski definition) is 2. The summed E-state index contributed by atoms with van der Waals surface area (Å²) in [6, 6.07) is 9.90. The highest BCUT2D eigenvalue weighted by molar-refractivity contribution is 5.61. The predicted octanol–water partition coefficient (Wildman–Crippen LogP) is 2.20. The number of pyridine rings is 1. The third kappa shape index (κ3) is 3.03. The molecule has 1 aromatic heterocycles. The maximum absolute atomic E-state index is 10.4. The van der Waals surface area contributed by atoms with E-state index in [2.05, 4.69) is 15.2 Å². The molecule has 2 rings (SSSR count).